The number of aliphatic carboxylic acids is 2. The van der Waals surface area contributed by atoms with Gasteiger partial charge in [0.15, 0.2) is 0 Å². The molecule has 0 saturated heterocycles. The van der Waals surface area contributed by atoms with E-state index in [-0.39, 0.29) is 5.41 Å². The molecule has 0 aliphatic heterocycles. The molecule has 0 atom stereocenters. The second-order valence-corrected chi connectivity index (χ2v) is 6.60. The van der Waals surface area contributed by atoms with Crippen molar-refractivity contribution in [2.24, 2.45) is 5.73 Å². The predicted molar refractivity (Wildman–Crippen MR) is 97.2 cm³/mol. The van der Waals surface area contributed by atoms with Crippen LogP contribution in [0.15, 0.2) is 18.2 Å². The largest absolute Gasteiger partial charge is 0.493 e. The van der Waals surface area contributed by atoms with Crippen LogP contribution in [-0.4, -0.2) is 48.4 Å². The molecule has 5 N–H and O–H groups in total. The van der Waals surface area contributed by atoms with Crippen molar-refractivity contribution < 1.29 is 24.5 Å². The number of hydrogen-bond acceptors (Lipinski definition) is 5. The number of benzene rings is 1. The Labute approximate surface area is 149 Å². The van der Waals surface area contributed by atoms with Crippen molar-refractivity contribution in [2.75, 3.05) is 26.2 Å². The lowest BCUT2D eigenvalue weighted by atomic mass is 9.86. The molecule has 7 nitrogen and oxygen atoms in total. The molecule has 25 heavy (non-hydrogen) atoms. The highest BCUT2D eigenvalue weighted by Gasteiger charge is 2.18. The normalized spacial score (nSPS) is 10.6. The van der Waals surface area contributed by atoms with Crippen LogP contribution < -0.4 is 15.8 Å². The highest BCUT2D eigenvalue weighted by Crippen LogP contribution is 2.32. The first-order valence-corrected chi connectivity index (χ1v) is 8.20. The van der Waals surface area contributed by atoms with Crippen molar-refractivity contribution in [1.82, 2.24) is 5.32 Å². The number of nitrogens with one attached hydrogen (secondary N) is 1. The van der Waals surface area contributed by atoms with E-state index in [1.807, 2.05) is 0 Å². The van der Waals surface area contributed by atoms with Crippen molar-refractivity contribution in [3.05, 3.63) is 29.3 Å². The summed E-state index contributed by atoms with van der Waals surface area (Å²) in [6.45, 7) is 12.0. The zero-order chi connectivity index (χ0) is 19.5. The van der Waals surface area contributed by atoms with Crippen LogP contribution in [0.5, 0.6) is 5.75 Å². The summed E-state index contributed by atoms with van der Waals surface area (Å²) in [5, 5.41) is 18.1. The molecule has 1 aromatic carbocycles. The van der Waals surface area contributed by atoms with Gasteiger partial charge in [-0.3, -0.25) is 0 Å². The Balaban J connectivity index is 0.000000823. The highest BCUT2D eigenvalue weighted by molar-refractivity contribution is 6.27. The zero-order valence-electron chi connectivity index (χ0n) is 15.5. The topological polar surface area (TPSA) is 122 Å². The number of nitrogens with two attached hydrogens (primary N) is 1. The lowest BCUT2D eigenvalue weighted by molar-refractivity contribution is -0.159. The van der Waals surface area contributed by atoms with E-state index < -0.39 is 11.9 Å². The molecule has 0 saturated carbocycles. The summed E-state index contributed by atoms with van der Waals surface area (Å²) in [5.41, 5.74) is 8.05. The van der Waals surface area contributed by atoms with E-state index in [2.05, 4.69) is 51.2 Å². The Kier molecular flexibility index (Phi) is 10.5. The summed E-state index contributed by atoms with van der Waals surface area (Å²) in [6.07, 6.45) is 0.998. The number of carboxylic acids is 2. The molecule has 0 radical (unpaired) electrons. The monoisotopic (exact) mass is 354 g/mol. The first-order valence-electron chi connectivity index (χ1n) is 8.20. The van der Waals surface area contributed by atoms with Gasteiger partial charge >= 0.3 is 11.9 Å². The maximum atomic E-state index is 9.10. The molecular weight excluding hydrogens is 324 g/mol. The van der Waals surface area contributed by atoms with E-state index in [1.54, 1.807) is 0 Å². The lowest BCUT2D eigenvalue weighted by Gasteiger charge is -2.23. The van der Waals surface area contributed by atoms with Crippen LogP contribution in [0, 0.1) is 6.92 Å². The van der Waals surface area contributed by atoms with Crippen molar-refractivity contribution >= 4 is 11.9 Å². The van der Waals surface area contributed by atoms with Gasteiger partial charge in [-0.25, -0.2) is 9.59 Å². The summed E-state index contributed by atoms with van der Waals surface area (Å²) < 4.78 is 5.95. The molecular formula is C18H30N2O5. The third-order valence-corrected chi connectivity index (χ3v) is 3.20. The molecule has 0 aliphatic rings. The van der Waals surface area contributed by atoms with Crippen LogP contribution >= 0.6 is 0 Å². The summed E-state index contributed by atoms with van der Waals surface area (Å²) in [6, 6.07) is 6.46. The van der Waals surface area contributed by atoms with Crippen LogP contribution in [0.1, 0.15) is 38.3 Å². The molecule has 0 aliphatic carbocycles. The van der Waals surface area contributed by atoms with Gasteiger partial charge in [-0.05, 0) is 42.5 Å². The van der Waals surface area contributed by atoms with E-state index in [4.69, 9.17) is 30.3 Å². The number of ether oxygens (including phenoxy) is 1. The van der Waals surface area contributed by atoms with E-state index in [0.717, 1.165) is 31.9 Å². The summed E-state index contributed by atoms with van der Waals surface area (Å²) in [4.78, 5) is 18.2. The van der Waals surface area contributed by atoms with Gasteiger partial charge in [-0.2, -0.15) is 0 Å². The fraction of sp³-hybridized carbons (Fsp3) is 0.556. The van der Waals surface area contributed by atoms with Gasteiger partial charge in [-0.1, -0.05) is 32.9 Å². The quantitative estimate of drug-likeness (QED) is 0.435. The fourth-order valence-corrected chi connectivity index (χ4v) is 1.97. The summed E-state index contributed by atoms with van der Waals surface area (Å²) in [7, 11) is 0. The minimum absolute atomic E-state index is 0.112. The molecule has 1 aromatic rings. The molecule has 0 spiro atoms. The van der Waals surface area contributed by atoms with Gasteiger partial charge in [-0.15, -0.1) is 0 Å². The molecule has 0 heterocycles. The van der Waals surface area contributed by atoms with E-state index in [0.29, 0.717) is 6.54 Å². The van der Waals surface area contributed by atoms with E-state index in [1.165, 1.54) is 11.1 Å². The third-order valence-electron chi connectivity index (χ3n) is 3.20. The lowest BCUT2D eigenvalue weighted by Crippen LogP contribution is -2.24. The van der Waals surface area contributed by atoms with Gasteiger partial charge in [0, 0.05) is 13.1 Å². The second-order valence-electron chi connectivity index (χ2n) is 6.60. The van der Waals surface area contributed by atoms with Crippen LogP contribution in [0.3, 0.4) is 0 Å². The van der Waals surface area contributed by atoms with Gasteiger partial charge in [0.05, 0.1) is 6.61 Å². The second kappa shape index (κ2) is 11.4. The molecule has 7 heteroatoms. The smallest absolute Gasteiger partial charge is 0.414 e. The van der Waals surface area contributed by atoms with Gasteiger partial charge in [0.1, 0.15) is 5.75 Å². The molecule has 0 fully saturated rings. The highest BCUT2D eigenvalue weighted by atomic mass is 16.5. The van der Waals surface area contributed by atoms with E-state index >= 15 is 0 Å². The Morgan fingerprint density at radius 1 is 1.16 bits per heavy atom. The average molecular weight is 354 g/mol. The number of carbonyl (C=O) groups is 2. The van der Waals surface area contributed by atoms with Crippen molar-refractivity contribution in [2.45, 2.75) is 39.5 Å². The van der Waals surface area contributed by atoms with Crippen LogP contribution in [-0.2, 0) is 15.0 Å². The van der Waals surface area contributed by atoms with Gasteiger partial charge in [0.25, 0.3) is 0 Å². The third kappa shape index (κ3) is 10.4. The Hall–Kier alpha value is -2.12. The fourth-order valence-electron chi connectivity index (χ4n) is 1.97. The molecule has 0 aromatic heterocycles. The van der Waals surface area contributed by atoms with Crippen molar-refractivity contribution in [3.8, 4) is 5.75 Å². The van der Waals surface area contributed by atoms with Crippen LogP contribution in [0.25, 0.3) is 0 Å². The molecule has 0 amide bonds. The number of hydrogen-bond donors (Lipinski definition) is 4. The SMILES string of the molecule is Cc1ccc(C(C)(C)C)c(OCCCNCCN)c1.O=C(O)C(=O)O. The van der Waals surface area contributed by atoms with Crippen molar-refractivity contribution in [3.63, 3.8) is 0 Å². The Morgan fingerprint density at radius 2 is 1.76 bits per heavy atom. The molecule has 0 bridgehead atoms. The predicted octanol–water partition coefficient (Wildman–Crippen LogP) is 1.77. The number of carboxylic acid groups (broad SMARTS) is 2. The summed E-state index contributed by atoms with van der Waals surface area (Å²) >= 11 is 0. The molecule has 1 rings (SSSR count). The maximum absolute atomic E-state index is 9.10. The standard InChI is InChI=1S/C16H28N2O.C2H2O4/c1-13-6-7-14(16(2,3)4)15(12-13)19-11-5-9-18-10-8-17;3-1(4)2(5)6/h6-7,12,18H,5,8-11,17H2,1-4H3;(H,3,4)(H,5,6). The molecule has 0 unspecified atom stereocenters. The first-order chi connectivity index (χ1) is 11.6. The Bertz CT molecular complexity index is 541. The van der Waals surface area contributed by atoms with E-state index in [9.17, 15) is 0 Å². The number of rotatable bonds is 7. The van der Waals surface area contributed by atoms with Crippen LogP contribution in [0.2, 0.25) is 0 Å². The van der Waals surface area contributed by atoms with Crippen LogP contribution in [0.4, 0.5) is 0 Å². The number of aryl methyl sites for hydroxylation is 1. The van der Waals surface area contributed by atoms with Gasteiger partial charge < -0.3 is 26.0 Å². The average Bonchev–Trinajstić information content (AvgIpc) is 2.50. The Morgan fingerprint density at radius 3 is 2.24 bits per heavy atom. The minimum Gasteiger partial charge on any atom is -0.493 e. The molecule has 142 valence electrons. The van der Waals surface area contributed by atoms with Crippen molar-refractivity contribution in [1.29, 1.82) is 0 Å². The summed E-state index contributed by atoms with van der Waals surface area (Å²) in [5.74, 6) is -2.63. The zero-order valence-corrected chi connectivity index (χ0v) is 15.5. The first kappa shape index (κ1) is 22.9. The van der Waals surface area contributed by atoms with Gasteiger partial charge in [0.2, 0.25) is 0 Å². The minimum atomic E-state index is -1.82. The maximum Gasteiger partial charge on any atom is 0.414 e.